The standard InChI is InChI=1S/C28H41NO8.C9H17NO/c30-26-14-10-13-24(26)18-20-25(19-17-23-11-4-1-5-12-23)37-28(32)16-7-2-8-21-35-27(31)15-6-3-9-22-36-29(33)34;1-3-5-6-7-8-9(11)10-4-2/h1,4-5,11-12,18,20,24-26,30H,2-3,6-10,13-17,19,21-22H2;3,5H,4,6-8H2,1-2H3,(H,10,11)/b20-18+;5-3-/t24?,25?,26-;/m1./s1. The van der Waals surface area contributed by atoms with Gasteiger partial charge in [-0.1, -0.05) is 61.4 Å². The number of carbonyl (C=O) groups excluding carboxylic acids is 3. The van der Waals surface area contributed by atoms with Crippen molar-refractivity contribution >= 4 is 17.8 Å². The van der Waals surface area contributed by atoms with Gasteiger partial charge >= 0.3 is 11.9 Å². The van der Waals surface area contributed by atoms with Crippen LogP contribution >= 0.6 is 0 Å². The predicted octanol–water partition coefficient (Wildman–Crippen LogP) is 6.99. The van der Waals surface area contributed by atoms with Crippen LogP contribution in [0.15, 0.2) is 54.6 Å². The van der Waals surface area contributed by atoms with Crippen LogP contribution in [-0.2, 0) is 35.1 Å². The normalized spacial score (nSPS) is 16.2. The Bertz CT molecular complexity index is 1080. The number of aliphatic hydroxyl groups excluding tert-OH is 1. The van der Waals surface area contributed by atoms with Crippen molar-refractivity contribution in [2.75, 3.05) is 19.8 Å². The number of nitrogens with one attached hydrogen (secondary N) is 1. The molecule has 3 atom stereocenters. The Morgan fingerprint density at radius 2 is 1.69 bits per heavy atom. The van der Waals surface area contributed by atoms with E-state index >= 15 is 0 Å². The summed E-state index contributed by atoms with van der Waals surface area (Å²) >= 11 is 0. The Labute approximate surface area is 286 Å². The van der Waals surface area contributed by atoms with E-state index in [9.17, 15) is 29.6 Å². The number of rotatable bonds is 24. The molecule has 1 aromatic carbocycles. The highest BCUT2D eigenvalue weighted by Gasteiger charge is 2.23. The molecule has 11 heteroatoms. The van der Waals surface area contributed by atoms with E-state index in [1.165, 1.54) is 5.56 Å². The smallest absolute Gasteiger partial charge is 0.306 e. The minimum atomic E-state index is -0.821. The lowest BCUT2D eigenvalue weighted by Gasteiger charge is -2.16. The lowest BCUT2D eigenvalue weighted by atomic mass is 10.0. The summed E-state index contributed by atoms with van der Waals surface area (Å²) in [5.41, 5.74) is 1.19. The first kappa shape index (κ1) is 42.3. The second kappa shape index (κ2) is 28.3. The molecule has 0 aliphatic heterocycles. The average Bonchev–Trinajstić information content (AvgIpc) is 3.49. The Morgan fingerprint density at radius 3 is 2.33 bits per heavy atom. The lowest BCUT2D eigenvalue weighted by molar-refractivity contribution is -0.757. The zero-order valence-corrected chi connectivity index (χ0v) is 29.0. The van der Waals surface area contributed by atoms with Crippen LogP contribution in [0.4, 0.5) is 0 Å². The number of aliphatic hydroxyl groups is 1. The number of allylic oxidation sites excluding steroid dienone is 2. The maximum absolute atomic E-state index is 12.5. The predicted molar refractivity (Wildman–Crippen MR) is 185 cm³/mol. The first-order valence-electron chi connectivity index (χ1n) is 17.7. The molecule has 11 nitrogen and oxygen atoms in total. The van der Waals surface area contributed by atoms with Gasteiger partial charge in [0.25, 0.3) is 5.09 Å². The Hall–Kier alpha value is -3.73. The zero-order valence-electron chi connectivity index (χ0n) is 29.0. The fraction of sp³-hybridized carbons (Fsp3) is 0.649. The highest BCUT2D eigenvalue weighted by Crippen LogP contribution is 2.27. The second-order valence-corrected chi connectivity index (χ2v) is 11.9. The molecule has 2 rings (SSSR count). The molecule has 0 heterocycles. The maximum atomic E-state index is 12.5. The first-order chi connectivity index (χ1) is 23.2. The van der Waals surface area contributed by atoms with Gasteiger partial charge in [0.05, 0.1) is 19.3 Å². The highest BCUT2D eigenvalue weighted by atomic mass is 16.9. The van der Waals surface area contributed by atoms with Gasteiger partial charge < -0.3 is 24.7 Å². The number of nitrogens with zero attached hydrogens (tertiary/aromatic N) is 1. The fourth-order valence-corrected chi connectivity index (χ4v) is 5.16. The van der Waals surface area contributed by atoms with E-state index in [1.807, 2.05) is 50.3 Å². The number of amides is 1. The summed E-state index contributed by atoms with van der Waals surface area (Å²) < 4.78 is 11.0. The molecule has 2 N–H and O–H groups in total. The van der Waals surface area contributed by atoms with E-state index in [-0.39, 0.29) is 49.0 Å². The molecule has 2 unspecified atom stereocenters. The third-order valence-corrected chi connectivity index (χ3v) is 7.84. The zero-order chi connectivity index (χ0) is 35.2. The van der Waals surface area contributed by atoms with Gasteiger partial charge in [0, 0.05) is 31.7 Å². The van der Waals surface area contributed by atoms with Crippen molar-refractivity contribution in [2.45, 2.75) is 129 Å². The summed E-state index contributed by atoms with van der Waals surface area (Å²) in [5, 5.41) is 22.1. The van der Waals surface area contributed by atoms with E-state index in [1.54, 1.807) is 0 Å². The molecular weight excluding hydrogens is 616 g/mol. The van der Waals surface area contributed by atoms with Gasteiger partial charge in [0.2, 0.25) is 5.91 Å². The number of aryl methyl sites for hydroxylation is 1. The van der Waals surface area contributed by atoms with Crippen molar-refractivity contribution in [1.29, 1.82) is 0 Å². The molecule has 48 heavy (non-hydrogen) atoms. The highest BCUT2D eigenvalue weighted by molar-refractivity contribution is 5.75. The minimum Gasteiger partial charge on any atom is -0.466 e. The number of esters is 2. The number of unbranched alkanes of at least 4 members (excludes halogenated alkanes) is 5. The van der Waals surface area contributed by atoms with Crippen LogP contribution in [0.2, 0.25) is 0 Å². The van der Waals surface area contributed by atoms with E-state index in [0.717, 1.165) is 51.5 Å². The average molecular weight is 675 g/mol. The molecule has 0 bridgehead atoms. The van der Waals surface area contributed by atoms with E-state index in [2.05, 4.69) is 28.4 Å². The molecular formula is C37H58N2O9. The molecule has 1 fully saturated rings. The van der Waals surface area contributed by atoms with Gasteiger partial charge in [-0.3, -0.25) is 14.4 Å². The summed E-state index contributed by atoms with van der Waals surface area (Å²) in [6.07, 6.45) is 18.7. The Kier molecular flexibility index (Phi) is 24.9. The van der Waals surface area contributed by atoms with Crippen LogP contribution in [0, 0.1) is 16.0 Å². The largest absolute Gasteiger partial charge is 0.466 e. The van der Waals surface area contributed by atoms with Gasteiger partial charge in [-0.15, -0.1) is 10.1 Å². The fourth-order valence-electron chi connectivity index (χ4n) is 5.16. The Balaban J connectivity index is 0.000000894. The number of benzene rings is 1. The molecule has 1 saturated carbocycles. The van der Waals surface area contributed by atoms with Crippen LogP contribution in [0.5, 0.6) is 0 Å². The molecule has 0 aromatic heterocycles. The molecule has 1 aromatic rings. The quantitative estimate of drug-likeness (QED) is 0.0388. The lowest BCUT2D eigenvalue weighted by Crippen LogP contribution is -2.21. The second-order valence-electron chi connectivity index (χ2n) is 11.9. The molecule has 0 saturated heterocycles. The summed E-state index contributed by atoms with van der Waals surface area (Å²) in [7, 11) is 0. The molecule has 1 amide bonds. The van der Waals surface area contributed by atoms with Crippen LogP contribution in [0.25, 0.3) is 0 Å². The molecule has 270 valence electrons. The van der Waals surface area contributed by atoms with E-state index < -0.39 is 5.09 Å². The number of hydrogen-bond donors (Lipinski definition) is 2. The van der Waals surface area contributed by atoms with Gasteiger partial charge in [0.15, 0.2) is 0 Å². The van der Waals surface area contributed by atoms with E-state index in [4.69, 9.17) is 9.47 Å². The first-order valence-corrected chi connectivity index (χ1v) is 17.7. The van der Waals surface area contributed by atoms with Gasteiger partial charge in [0.1, 0.15) is 6.10 Å². The SMILES string of the molecule is C/C=C\CCCC(=O)NCC.O=C(CCCCCO[N+](=O)[O-])OCCCCCC(=O)OC(/C=C/C1CCC[C@H]1O)CCc1ccccc1. The monoisotopic (exact) mass is 674 g/mol. The summed E-state index contributed by atoms with van der Waals surface area (Å²) in [6, 6.07) is 10.1. The maximum Gasteiger partial charge on any atom is 0.306 e. The summed E-state index contributed by atoms with van der Waals surface area (Å²) in [6.45, 7) is 5.01. The Morgan fingerprint density at radius 1 is 0.979 bits per heavy atom. The van der Waals surface area contributed by atoms with Crippen LogP contribution < -0.4 is 5.32 Å². The number of carbonyl (C=O) groups is 3. The topological polar surface area (TPSA) is 154 Å². The van der Waals surface area contributed by atoms with Crippen molar-refractivity contribution in [1.82, 2.24) is 5.32 Å². The van der Waals surface area contributed by atoms with Gasteiger partial charge in [-0.05, 0) is 96.1 Å². The van der Waals surface area contributed by atoms with Crippen LogP contribution in [-0.4, -0.2) is 60.0 Å². The van der Waals surface area contributed by atoms with Gasteiger partial charge in [-0.25, -0.2) is 0 Å². The van der Waals surface area contributed by atoms with Crippen molar-refractivity contribution < 1.29 is 38.9 Å². The molecule has 0 spiro atoms. The number of ether oxygens (including phenoxy) is 2. The third-order valence-electron chi connectivity index (χ3n) is 7.84. The molecule has 0 radical (unpaired) electrons. The van der Waals surface area contributed by atoms with E-state index in [0.29, 0.717) is 58.0 Å². The number of hydrogen-bond acceptors (Lipinski definition) is 9. The van der Waals surface area contributed by atoms with Crippen molar-refractivity contribution in [3.05, 3.63) is 70.3 Å². The summed E-state index contributed by atoms with van der Waals surface area (Å²) in [5.74, 6) is -0.233. The van der Waals surface area contributed by atoms with Crippen LogP contribution in [0.1, 0.15) is 116 Å². The van der Waals surface area contributed by atoms with Crippen LogP contribution in [0.3, 0.4) is 0 Å². The van der Waals surface area contributed by atoms with Gasteiger partial charge in [-0.2, -0.15) is 0 Å². The molecule has 1 aliphatic carbocycles. The summed E-state index contributed by atoms with van der Waals surface area (Å²) in [4.78, 5) is 49.3. The van der Waals surface area contributed by atoms with Crippen molar-refractivity contribution in [2.24, 2.45) is 5.92 Å². The minimum absolute atomic E-state index is 0.0399. The van der Waals surface area contributed by atoms with Crippen molar-refractivity contribution in [3.8, 4) is 0 Å². The van der Waals surface area contributed by atoms with Crippen molar-refractivity contribution in [3.63, 3.8) is 0 Å². The molecule has 1 aliphatic rings. The third kappa shape index (κ3) is 23.6.